The Morgan fingerprint density at radius 2 is 2.08 bits per heavy atom. The van der Waals surface area contributed by atoms with Crippen LogP contribution in [-0.4, -0.2) is 0 Å². The molecule has 0 atom stereocenters. The zero-order valence-corrected chi connectivity index (χ0v) is 7.77. The SMILES string of the molecule is CCC(C)=Cc1cccc(F)c1F. The van der Waals surface area contributed by atoms with Crippen molar-refractivity contribution in [3.63, 3.8) is 0 Å². The summed E-state index contributed by atoms with van der Waals surface area (Å²) in [5, 5.41) is 0. The van der Waals surface area contributed by atoms with Crippen molar-refractivity contribution in [2.45, 2.75) is 20.3 Å². The molecule has 0 unspecified atom stereocenters. The topological polar surface area (TPSA) is 0 Å². The van der Waals surface area contributed by atoms with E-state index in [1.54, 1.807) is 12.1 Å². The maximum absolute atomic E-state index is 13.1. The largest absolute Gasteiger partial charge is 0.204 e. The molecule has 13 heavy (non-hydrogen) atoms. The molecule has 0 aliphatic carbocycles. The van der Waals surface area contributed by atoms with Gasteiger partial charge in [0.1, 0.15) is 0 Å². The Hall–Kier alpha value is -1.18. The highest BCUT2D eigenvalue weighted by Crippen LogP contribution is 2.15. The predicted octanol–water partition coefficient (Wildman–Crippen LogP) is 3.78. The van der Waals surface area contributed by atoms with Crippen molar-refractivity contribution in [1.29, 1.82) is 0 Å². The Balaban J connectivity index is 3.09. The average Bonchev–Trinajstić information content (AvgIpc) is 2.13. The Kier molecular flexibility index (Phi) is 3.18. The van der Waals surface area contributed by atoms with E-state index in [-0.39, 0.29) is 0 Å². The van der Waals surface area contributed by atoms with Crippen LogP contribution < -0.4 is 0 Å². The van der Waals surface area contributed by atoms with Crippen molar-refractivity contribution in [1.82, 2.24) is 0 Å². The highest BCUT2D eigenvalue weighted by molar-refractivity contribution is 5.52. The van der Waals surface area contributed by atoms with Gasteiger partial charge in [-0.05, 0) is 19.4 Å². The van der Waals surface area contributed by atoms with Crippen LogP contribution in [0.1, 0.15) is 25.8 Å². The molecule has 0 radical (unpaired) electrons. The fourth-order valence-corrected chi connectivity index (χ4v) is 0.999. The third-order valence-corrected chi connectivity index (χ3v) is 1.94. The van der Waals surface area contributed by atoms with E-state index in [1.807, 2.05) is 13.8 Å². The lowest BCUT2D eigenvalue weighted by Crippen LogP contribution is -1.88. The molecule has 0 aromatic heterocycles. The molecule has 0 saturated carbocycles. The lowest BCUT2D eigenvalue weighted by molar-refractivity contribution is 0.507. The van der Waals surface area contributed by atoms with E-state index < -0.39 is 11.6 Å². The van der Waals surface area contributed by atoms with Crippen molar-refractivity contribution < 1.29 is 8.78 Å². The van der Waals surface area contributed by atoms with Crippen LogP contribution in [0.4, 0.5) is 8.78 Å². The Labute approximate surface area is 76.9 Å². The van der Waals surface area contributed by atoms with Crippen LogP contribution in [0, 0.1) is 11.6 Å². The first-order valence-electron chi connectivity index (χ1n) is 4.26. The summed E-state index contributed by atoms with van der Waals surface area (Å²) >= 11 is 0. The first-order valence-corrected chi connectivity index (χ1v) is 4.26. The molecule has 70 valence electrons. The zero-order chi connectivity index (χ0) is 9.84. The smallest absolute Gasteiger partial charge is 0.166 e. The molecule has 0 bridgehead atoms. The van der Waals surface area contributed by atoms with Gasteiger partial charge in [-0.3, -0.25) is 0 Å². The zero-order valence-electron chi connectivity index (χ0n) is 7.77. The quantitative estimate of drug-likeness (QED) is 0.653. The summed E-state index contributed by atoms with van der Waals surface area (Å²) in [6, 6.07) is 4.19. The first-order chi connectivity index (χ1) is 6.15. The maximum atomic E-state index is 13.1. The molecule has 0 nitrogen and oxygen atoms in total. The highest BCUT2D eigenvalue weighted by Gasteiger charge is 2.04. The van der Waals surface area contributed by atoms with Crippen molar-refractivity contribution in [3.05, 3.63) is 41.0 Å². The van der Waals surface area contributed by atoms with Gasteiger partial charge in [0, 0.05) is 5.56 Å². The number of allylic oxidation sites excluding steroid dienone is 1. The third-order valence-electron chi connectivity index (χ3n) is 1.94. The molecule has 0 N–H and O–H groups in total. The molecule has 0 aliphatic rings. The summed E-state index contributed by atoms with van der Waals surface area (Å²) < 4.78 is 25.8. The van der Waals surface area contributed by atoms with Gasteiger partial charge in [0.25, 0.3) is 0 Å². The Bertz CT molecular complexity index is 327. The van der Waals surface area contributed by atoms with Gasteiger partial charge in [0.2, 0.25) is 0 Å². The molecule has 0 amide bonds. The maximum Gasteiger partial charge on any atom is 0.166 e. The average molecular weight is 182 g/mol. The fourth-order valence-electron chi connectivity index (χ4n) is 0.999. The van der Waals surface area contributed by atoms with Crippen molar-refractivity contribution in [2.75, 3.05) is 0 Å². The molecule has 2 heteroatoms. The normalized spacial score (nSPS) is 11.8. The van der Waals surface area contributed by atoms with Crippen molar-refractivity contribution in [3.8, 4) is 0 Å². The summed E-state index contributed by atoms with van der Waals surface area (Å²) in [5.41, 5.74) is 1.35. The lowest BCUT2D eigenvalue weighted by atomic mass is 10.1. The lowest BCUT2D eigenvalue weighted by Gasteiger charge is -1.99. The number of rotatable bonds is 2. The minimum Gasteiger partial charge on any atom is -0.204 e. The Morgan fingerprint density at radius 1 is 1.38 bits per heavy atom. The molecule has 0 saturated heterocycles. The van der Waals surface area contributed by atoms with E-state index in [9.17, 15) is 8.78 Å². The predicted molar refractivity (Wildman–Crippen MR) is 50.3 cm³/mol. The number of halogens is 2. The molecule has 0 aliphatic heterocycles. The van der Waals surface area contributed by atoms with E-state index in [0.717, 1.165) is 18.1 Å². The molecule has 1 rings (SSSR count). The Morgan fingerprint density at radius 3 is 2.69 bits per heavy atom. The summed E-state index contributed by atoms with van der Waals surface area (Å²) in [4.78, 5) is 0. The van der Waals surface area contributed by atoms with E-state index in [4.69, 9.17) is 0 Å². The molecule has 1 aromatic rings. The molecule has 1 aromatic carbocycles. The van der Waals surface area contributed by atoms with Gasteiger partial charge in [0.05, 0.1) is 0 Å². The molecule has 0 spiro atoms. The highest BCUT2D eigenvalue weighted by atomic mass is 19.2. The molecular weight excluding hydrogens is 170 g/mol. The van der Waals surface area contributed by atoms with Crippen LogP contribution in [0.2, 0.25) is 0 Å². The van der Waals surface area contributed by atoms with Gasteiger partial charge in [-0.25, -0.2) is 8.78 Å². The third kappa shape index (κ3) is 2.38. The van der Waals surface area contributed by atoms with Crippen LogP contribution in [0.3, 0.4) is 0 Å². The van der Waals surface area contributed by atoms with Crippen LogP contribution in [0.25, 0.3) is 6.08 Å². The fraction of sp³-hybridized carbons (Fsp3) is 0.273. The van der Waals surface area contributed by atoms with Gasteiger partial charge in [0.15, 0.2) is 11.6 Å². The van der Waals surface area contributed by atoms with Crippen LogP contribution in [-0.2, 0) is 0 Å². The van der Waals surface area contributed by atoms with Gasteiger partial charge < -0.3 is 0 Å². The van der Waals surface area contributed by atoms with Gasteiger partial charge >= 0.3 is 0 Å². The molecule has 0 fully saturated rings. The van der Waals surface area contributed by atoms with Crippen molar-refractivity contribution >= 4 is 6.08 Å². The summed E-state index contributed by atoms with van der Waals surface area (Å²) in [6.45, 7) is 3.87. The summed E-state index contributed by atoms with van der Waals surface area (Å²) in [5.74, 6) is -1.56. The number of hydrogen-bond donors (Lipinski definition) is 0. The number of hydrogen-bond acceptors (Lipinski definition) is 0. The monoisotopic (exact) mass is 182 g/mol. The van der Waals surface area contributed by atoms with E-state index in [1.165, 1.54) is 6.07 Å². The minimum absolute atomic E-state index is 0.319. The summed E-state index contributed by atoms with van der Waals surface area (Å²) in [7, 11) is 0. The molecular formula is C11H12F2. The van der Waals surface area contributed by atoms with Gasteiger partial charge in [-0.15, -0.1) is 0 Å². The van der Waals surface area contributed by atoms with Crippen molar-refractivity contribution in [2.24, 2.45) is 0 Å². The van der Waals surface area contributed by atoms with Gasteiger partial charge in [-0.2, -0.15) is 0 Å². The molecule has 0 heterocycles. The standard InChI is InChI=1S/C11H12F2/c1-3-8(2)7-9-5-4-6-10(12)11(9)13/h4-7H,3H2,1-2H3. The minimum atomic E-state index is -0.794. The summed E-state index contributed by atoms with van der Waals surface area (Å²) in [6.07, 6.45) is 2.51. The second-order valence-corrected chi connectivity index (χ2v) is 2.99. The number of benzene rings is 1. The van der Waals surface area contributed by atoms with E-state index >= 15 is 0 Å². The van der Waals surface area contributed by atoms with Gasteiger partial charge in [-0.1, -0.05) is 30.7 Å². The van der Waals surface area contributed by atoms with E-state index in [2.05, 4.69) is 0 Å². The first kappa shape index (κ1) is 9.90. The second-order valence-electron chi connectivity index (χ2n) is 2.99. The van der Waals surface area contributed by atoms with Crippen LogP contribution in [0.15, 0.2) is 23.8 Å². The van der Waals surface area contributed by atoms with Crippen LogP contribution in [0.5, 0.6) is 0 Å². The van der Waals surface area contributed by atoms with Crippen LogP contribution >= 0.6 is 0 Å². The van der Waals surface area contributed by atoms with E-state index in [0.29, 0.717) is 5.56 Å². The second kappa shape index (κ2) is 4.17.